The molecule has 0 saturated heterocycles. The third-order valence-corrected chi connectivity index (χ3v) is 5.25. The molecule has 1 heterocycles. The van der Waals surface area contributed by atoms with Gasteiger partial charge in [-0.15, -0.1) is 0 Å². The van der Waals surface area contributed by atoms with Crippen molar-refractivity contribution in [2.75, 3.05) is 14.2 Å². The predicted octanol–water partition coefficient (Wildman–Crippen LogP) is 5.40. The van der Waals surface area contributed by atoms with Gasteiger partial charge in [-0.25, -0.2) is 4.79 Å². The van der Waals surface area contributed by atoms with Crippen LogP contribution in [0.1, 0.15) is 15.9 Å². The van der Waals surface area contributed by atoms with Crippen LogP contribution in [0.3, 0.4) is 0 Å². The SMILES string of the molecule is COC(=O)c1cc(OC)c2c(c1)c1ccccc1n2Cc1ccc(Br)cc1. The molecule has 3 aromatic carbocycles. The summed E-state index contributed by atoms with van der Waals surface area (Å²) in [7, 11) is 3.01. The molecule has 0 aliphatic heterocycles. The van der Waals surface area contributed by atoms with Crippen LogP contribution in [0, 0.1) is 0 Å². The number of carbonyl (C=O) groups excluding carboxylic acids is 1. The summed E-state index contributed by atoms with van der Waals surface area (Å²) in [6, 6.07) is 20.1. The van der Waals surface area contributed by atoms with Crippen molar-refractivity contribution in [3.05, 3.63) is 76.3 Å². The molecule has 0 aliphatic carbocycles. The first-order chi connectivity index (χ1) is 13.1. The van der Waals surface area contributed by atoms with E-state index >= 15 is 0 Å². The Balaban J connectivity index is 2.01. The van der Waals surface area contributed by atoms with E-state index in [0.29, 0.717) is 17.9 Å². The van der Waals surface area contributed by atoms with Crippen molar-refractivity contribution >= 4 is 43.7 Å². The molecule has 0 radical (unpaired) electrons. The van der Waals surface area contributed by atoms with Crippen LogP contribution in [-0.4, -0.2) is 24.8 Å². The summed E-state index contributed by atoms with van der Waals surface area (Å²) in [4.78, 5) is 12.1. The second kappa shape index (κ2) is 7.08. The average molecular weight is 424 g/mol. The second-order valence-electron chi connectivity index (χ2n) is 6.30. The molecule has 0 bridgehead atoms. The maximum atomic E-state index is 12.1. The number of hydrogen-bond acceptors (Lipinski definition) is 3. The molecular weight excluding hydrogens is 406 g/mol. The zero-order valence-corrected chi connectivity index (χ0v) is 16.6. The van der Waals surface area contributed by atoms with Crippen molar-refractivity contribution < 1.29 is 14.3 Å². The zero-order chi connectivity index (χ0) is 19.0. The summed E-state index contributed by atoms with van der Waals surface area (Å²) < 4.78 is 13.8. The number of benzene rings is 3. The first-order valence-corrected chi connectivity index (χ1v) is 9.33. The molecule has 0 N–H and O–H groups in total. The Morgan fingerprint density at radius 3 is 2.44 bits per heavy atom. The Labute approximate surface area is 165 Å². The van der Waals surface area contributed by atoms with E-state index in [4.69, 9.17) is 9.47 Å². The lowest BCUT2D eigenvalue weighted by molar-refractivity contribution is 0.0600. The summed E-state index contributed by atoms with van der Waals surface area (Å²) in [5.74, 6) is 0.279. The molecule has 4 rings (SSSR count). The van der Waals surface area contributed by atoms with Crippen LogP contribution in [0.25, 0.3) is 21.8 Å². The van der Waals surface area contributed by atoms with E-state index in [9.17, 15) is 4.79 Å². The van der Waals surface area contributed by atoms with Crippen molar-refractivity contribution in [2.45, 2.75) is 6.54 Å². The zero-order valence-electron chi connectivity index (χ0n) is 15.0. The van der Waals surface area contributed by atoms with Crippen molar-refractivity contribution in [2.24, 2.45) is 0 Å². The van der Waals surface area contributed by atoms with E-state index < -0.39 is 0 Å². The molecular formula is C22H18BrNO3. The summed E-state index contributed by atoms with van der Waals surface area (Å²) in [6.45, 7) is 0.700. The van der Waals surface area contributed by atoms with Gasteiger partial charge >= 0.3 is 5.97 Å². The maximum Gasteiger partial charge on any atom is 0.338 e. The number of nitrogens with zero attached hydrogens (tertiary/aromatic N) is 1. The maximum absolute atomic E-state index is 12.1. The number of carbonyl (C=O) groups is 1. The van der Waals surface area contributed by atoms with Crippen molar-refractivity contribution in [3.8, 4) is 5.75 Å². The molecule has 0 unspecified atom stereocenters. The van der Waals surface area contributed by atoms with Gasteiger partial charge in [0.25, 0.3) is 0 Å². The summed E-state index contributed by atoms with van der Waals surface area (Å²) in [6.07, 6.45) is 0. The number of rotatable bonds is 4. The Morgan fingerprint density at radius 2 is 1.74 bits per heavy atom. The largest absolute Gasteiger partial charge is 0.495 e. The number of methoxy groups -OCH3 is 2. The Hall–Kier alpha value is -2.79. The van der Waals surface area contributed by atoms with Gasteiger partial charge in [-0.2, -0.15) is 0 Å². The normalized spacial score (nSPS) is 11.1. The minimum atomic E-state index is -0.375. The lowest BCUT2D eigenvalue weighted by Crippen LogP contribution is -2.04. The fourth-order valence-corrected chi connectivity index (χ4v) is 3.74. The Kier molecular flexibility index (Phi) is 4.62. The number of aromatic nitrogens is 1. The van der Waals surface area contributed by atoms with E-state index in [-0.39, 0.29) is 5.97 Å². The standard InChI is InChI=1S/C22H18BrNO3/c1-26-20-12-15(22(25)27-2)11-18-17-5-3-4-6-19(17)24(21(18)20)13-14-7-9-16(23)10-8-14/h3-12H,13H2,1-2H3. The molecule has 27 heavy (non-hydrogen) atoms. The van der Waals surface area contributed by atoms with E-state index in [1.54, 1.807) is 13.2 Å². The number of fused-ring (bicyclic) bond motifs is 3. The third-order valence-electron chi connectivity index (χ3n) is 4.72. The summed E-state index contributed by atoms with van der Waals surface area (Å²) >= 11 is 3.48. The van der Waals surface area contributed by atoms with Crippen LogP contribution in [0.15, 0.2) is 65.1 Å². The number of hydrogen-bond donors (Lipinski definition) is 0. The molecule has 5 heteroatoms. The second-order valence-corrected chi connectivity index (χ2v) is 7.21. The van der Waals surface area contributed by atoms with E-state index in [1.807, 2.05) is 30.3 Å². The van der Waals surface area contributed by atoms with Crippen LogP contribution in [0.5, 0.6) is 5.75 Å². The molecule has 0 aliphatic rings. The lowest BCUT2D eigenvalue weighted by atomic mass is 10.1. The lowest BCUT2D eigenvalue weighted by Gasteiger charge is -2.12. The fraction of sp³-hybridized carbons (Fsp3) is 0.136. The molecule has 0 atom stereocenters. The third kappa shape index (κ3) is 3.08. The molecule has 0 spiro atoms. The molecule has 0 fully saturated rings. The van der Waals surface area contributed by atoms with Gasteiger partial charge < -0.3 is 14.0 Å². The summed E-state index contributed by atoms with van der Waals surface area (Å²) in [5, 5.41) is 2.05. The molecule has 136 valence electrons. The van der Waals surface area contributed by atoms with E-state index in [1.165, 1.54) is 12.7 Å². The van der Waals surface area contributed by atoms with E-state index in [2.05, 4.69) is 44.8 Å². The van der Waals surface area contributed by atoms with Gasteiger partial charge in [0.2, 0.25) is 0 Å². The quantitative estimate of drug-likeness (QED) is 0.412. The molecule has 4 nitrogen and oxygen atoms in total. The monoisotopic (exact) mass is 423 g/mol. The first kappa shape index (κ1) is 17.6. The van der Waals surface area contributed by atoms with Crippen LogP contribution in [-0.2, 0) is 11.3 Å². The van der Waals surface area contributed by atoms with Gasteiger partial charge in [-0.05, 0) is 35.9 Å². The number of esters is 1. The smallest absolute Gasteiger partial charge is 0.338 e. The molecule has 1 aromatic heterocycles. The highest BCUT2D eigenvalue weighted by Crippen LogP contribution is 2.36. The number of halogens is 1. The minimum Gasteiger partial charge on any atom is -0.495 e. The highest BCUT2D eigenvalue weighted by Gasteiger charge is 2.18. The Morgan fingerprint density at radius 1 is 1.00 bits per heavy atom. The van der Waals surface area contributed by atoms with Crippen LogP contribution in [0.2, 0.25) is 0 Å². The molecule has 4 aromatic rings. The average Bonchev–Trinajstić information content (AvgIpc) is 3.02. The van der Waals surface area contributed by atoms with E-state index in [0.717, 1.165) is 26.3 Å². The van der Waals surface area contributed by atoms with Gasteiger partial charge in [0, 0.05) is 27.3 Å². The highest BCUT2D eigenvalue weighted by molar-refractivity contribution is 9.10. The number of para-hydroxylation sites is 1. The fourth-order valence-electron chi connectivity index (χ4n) is 3.48. The van der Waals surface area contributed by atoms with Gasteiger partial charge in [0.05, 0.1) is 25.3 Å². The first-order valence-electron chi connectivity index (χ1n) is 8.54. The minimum absolute atomic E-state index is 0.375. The van der Waals surface area contributed by atoms with Crippen molar-refractivity contribution in [1.29, 1.82) is 0 Å². The van der Waals surface area contributed by atoms with Gasteiger partial charge in [-0.3, -0.25) is 0 Å². The highest BCUT2D eigenvalue weighted by atomic mass is 79.9. The Bertz CT molecular complexity index is 1150. The van der Waals surface area contributed by atoms with Gasteiger partial charge in [0.15, 0.2) is 0 Å². The predicted molar refractivity (Wildman–Crippen MR) is 111 cm³/mol. The topological polar surface area (TPSA) is 40.5 Å². The molecule has 0 amide bonds. The number of ether oxygens (including phenoxy) is 2. The molecule has 0 saturated carbocycles. The van der Waals surface area contributed by atoms with Crippen LogP contribution < -0.4 is 4.74 Å². The summed E-state index contributed by atoms with van der Waals surface area (Å²) in [5.41, 5.74) is 3.72. The van der Waals surface area contributed by atoms with Crippen molar-refractivity contribution in [1.82, 2.24) is 4.57 Å². The van der Waals surface area contributed by atoms with Crippen LogP contribution >= 0.6 is 15.9 Å². The van der Waals surface area contributed by atoms with Gasteiger partial charge in [-0.1, -0.05) is 46.3 Å². The van der Waals surface area contributed by atoms with Gasteiger partial charge in [0.1, 0.15) is 5.75 Å². The van der Waals surface area contributed by atoms with Crippen LogP contribution in [0.4, 0.5) is 0 Å². The van der Waals surface area contributed by atoms with Crippen molar-refractivity contribution in [3.63, 3.8) is 0 Å².